The molecule has 3 aliphatic heterocycles. The van der Waals surface area contributed by atoms with E-state index in [1.165, 1.54) is 41.5 Å². The van der Waals surface area contributed by atoms with Crippen LogP contribution in [-0.4, -0.2) is 142 Å². The molecular formula is C67H80ClF3N4O10S2. The number of carbonyl (C=O) groups excluding carboxylic acids is 3. The number of anilines is 1. The van der Waals surface area contributed by atoms with Gasteiger partial charge in [0.2, 0.25) is 12.4 Å². The maximum Gasteiger partial charge on any atom is 0.501 e. The highest BCUT2D eigenvalue weighted by Crippen LogP contribution is 2.43. The lowest BCUT2D eigenvalue weighted by Gasteiger charge is -2.42. The molecule has 3 heterocycles. The van der Waals surface area contributed by atoms with Gasteiger partial charge in [-0.3, -0.25) is 24.2 Å². The van der Waals surface area contributed by atoms with Gasteiger partial charge in [0.1, 0.15) is 11.9 Å². The average molecular weight is 1260 g/mol. The number of esters is 2. The summed E-state index contributed by atoms with van der Waals surface area (Å²) in [5.74, 6) is -1.31. The van der Waals surface area contributed by atoms with Crippen LogP contribution in [0.25, 0.3) is 5.57 Å². The fraction of sp³-hybridized carbons (Fsp3) is 0.478. The topological polar surface area (TPSA) is 144 Å². The van der Waals surface area contributed by atoms with E-state index in [2.05, 4.69) is 40.7 Å². The van der Waals surface area contributed by atoms with Crippen LogP contribution in [-0.2, 0) is 57.9 Å². The van der Waals surface area contributed by atoms with Gasteiger partial charge in [0, 0.05) is 106 Å². The summed E-state index contributed by atoms with van der Waals surface area (Å²) in [6.45, 7) is 17.9. The summed E-state index contributed by atoms with van der Waals surface area (Å²) in [7, 11) is -5.86. The predicted molar refractivity (Wildman–Crippen MR) is 332 cm³/mol. The Morgan fingerprint density at radius 2 is 1.44 bits per heavy atom. The lowest BCUT2D eigenvalue weighted by molar-refractivity contribution is -0.263. The van der Waals surface area contributed by atoms with Gasteiger partial charge >= 0.3 is 17.4 Å². The van der Waals surface area contributed by atoms with E-state index < -0.39 is 62.7 Å². The first-order valence-corrected chi connectivity index (χ1v) is 32.8. The molecule has 5 aromatic carbocycles. The molecule has 4 aliphatic rings. The summed E-state index contributed by atoms with van der Waals surface area (Å²) in [6.07, 6.45) is 0.277. The lowest BCUT2D eigenvalue weighted by atomic mass is 9.73. The van der Waals surface area contributed by atoms with Crippen LogP contribution in [0.15, 0.2) is 137 Å². The molecule has 0 aromatic heterocycles. The number of sulfone groups is 1. The number of benzene rings is 5. The van der Waals surface area contributed by atoms with Crippen LogP contribution in [0, 0.1) is 17.3 Å². The highest BCUT2D eigenvalue weighted by Gasteiger charge is 2.49. The number of hydrogen-bond donors (Lipinski definition) is 0. The molecule has 0 N–H and O–H groups in total. The zero-order valence-corrected chi connectivity index (χ0v) is 52.8. The first-order chi connectivity index (χ1) is 41.5. The fourth-order valence-electron chi connectivity index (χ4n) is 12.1. The summed E-state index contributed by atoms with van der Waals surface area (Å²) in [5, 5.41) is 0.719. The number of alkyl halides is 3. The van der Waals surface area contributed by atoms with Crippen LogP contribution >= 0.6 is 23.4 Å². The minimum Gasteiger partial charge on any atom is -0.461 e. The maximum absolute atomic E-state index is 15.0. The molecule has 0 spiro atoms. The van der Waals surface area contributed by atoms with Gasteiger partial charge < -0.3 is 33.5 Å². The molecule has 3 fully saturated rings. The molecule has 87 heavy (non-hydrogen) atoms. The van der Waals surface area contributed by atoms with E-state index in [0.29, 0.717) is 48.8 Å². The number of nitrogens with zero attached hydrogens (tertiary/aromatic N) is 4. The Kier molecular flexibility index (Phi) is 21.9. The number of morpholine rings is 1. The normalized spacial score (nSPS) is 21.7. The van der Waals surface area contributed by atoms with E-state index in [1.807, 2.05) is 61.5 Å². The smallest absolute Gasteiger partial charge is 0.461 e. The lowest BCUT2D eigenvalue weighted by Crippen LogP contribution is -2.57. The SMILES string of the molecule is CC(=O)O[C@@H]1[C@H](C)[C@H](C)OC(Oc2ccc(CN(Cc3ccc(CC(CCN4CCOCC4)CSc4ccccc4)c(S(=O)(=O)C(F)(F)F)c3)C(=O)c3ccc(N4CCN(CC5=C(c6ccc(Cl)cc6)CCC(C)(C)C5)CC4)cc3)cc2)[C@H]1OC(C)=O. The molecule has 1 amide bonds. The van der Waals surface area contributed by atoms with E-state index in [-0.39, 0.29) is 47.9 Å². The van der Waals surface area contributed by atoms with E-state index >= 15 is 0 Å². The average Bonchev–Trinajstić information content (AvgIpc) is 3.16. The van der Waals surface area contributed by atoms with Crippen molar-refractivity contribution < 1.29 is 59.7 Å². The van der Waals surface area contributed by atoms with Crippen molar-refractivity contribution in [1.29, 1.82) is 0 Å². The Morgan fingerprint density at radius 1 is 0.793 bits per heavy atom. The van der Waals surface area contributed by atoms with Gasteiger partial charge in [-0.2, -0.15) is 13.2 Å². The third-order valence-electron chi connectivity index (χ3n) is 17.1. The first-order valence-electron chi connectivity index (χ1n) is 30.0. The number of allylic oxidation sites excluding steroid dienone is 1. The number of rotatable bonds is 22. The first kappa shape index (κ1) is 65.5. The molecule has 0 bridgehead atoms. The van der Waals surface area contributed by atoms with Gasteiger partial charge in [0.05, 0.1) is 24.2 Å². The minimum atomic E-state index is -5.86. The second kappa shape index (κ2) is 29.1. The summed E-state index contributed by atoms with van der Waals surface area (Å²) in [6, 6.07) is 36.1. The quantitative estimate of drug-likeness (QED) is 0.0479. The van der Waals surface area contributed by atoms with Crippen molar-refractivity contribution >= 4 is 62.3 Å². The van der Waals surface area contributed by atoms with Crippen LogP contribution in [0.1, 0.15) is 99.8 Å². The molecule has 20 heteroatoms. The largest absolute Gasteiger partial charge is 0.501 e. The van der Waals surface area contributed by atoms with Crippen LogP contribution in [0.4, 0.5) is 18.9 Å². The molecule has 0 radical (unpaired) electrons. The number of carbonyl (C=O) groups is 3. The Hall–Kier alpha value is -5.93. The minimum absolute atomic E-state index is 0.0430. The molecule has 9 rings (SSSR count). The number of ether oxygens (including phenoxy) is 5. The van der Waals surface area contributed by atoms with Crippen molar-refractivity contribution in [3.8, 4) is 5.75 Å². The highest BCUT2D eigenvalue weighted by molar-refractivity contribution is 7.99. The molecule has 5 aromatic rings. The third-order valence-corrected chi connectivity index (χ3v) is 20.1. The van der Waals surface area contributed by atoms with Gasteiger partial charge in [-0.25, -0.2) is 8.42 Å². The van der Waals surface area contributed by atoms with Crippen LogP contribution in [0.2, 0.25) is 5.02 Å². The van der Waals surface area contributed by atoms with E-state index in [1.54, 1.807) is 61.2 Å². The summed E-state index contributed by atoms with van der Waals surface area (Å²) < 4.78 is 101. The molecule has 468 valence electrons. The summed E-state index contributed by atoms with van der Waals surface area (Å²) in [4.78, 5) is 48.2. The van der Waals surface area contributed by atoms with Gasteiger partial charge in [-0.15, -0.1) is 11.8 Å². The van der Waals surface area contributed by atoms with Crippen molar-refractivity contribution in [1.82, 2.24) is 14.7 Å². The summed E-state index contributed by atoms with van der Waals surface area (Å²) >= 11 is 7.85. The van der Waals surface area contributed by atoms with E-state index in [9.17, 15) is 36.0 Å². The van der Waals surface area contributed by atoms with Gasteiger partial charge in [-0.05, 0) is 151 Å². The Morgan fingerprint density at radius 3 is 2.09 bits per heavy atom. The van der Waals surface area contributed by atoms with Crippen molar-refractivity contribution in [2.45, 2.75) is 127 Å². The second-order valence-electron chi connectivity index (χ2n) is 24.2. The second-order valence-corrected chi connectivity index (χ2v) is 27.6. The van der Waals surface area contributed by atoms with Crippen LogP contribution in [0.5, 0.6) is 5.75 Å². The third kappa shape index (κ3) is 17.5. The van der Waals surface area contributed by atoms with Gasteiger partial charge in [-0.1, -0.05) is 92.5 Å². The Balaban J connectivity index is 0.969. The zero-order chi connectivity index (χ0) is 62.0. The molecule has 2 unspecified atom stereocenters. The van der Waals surface area contributed by atoms with E-state index in [4.69, 9.17) is 35.3 Å². The molecule has 1 aliphatic carbocycles. The molecule has 6 atom stereocenters. The van der Waals surface area contributed by atoms with Crippen LogP contribution in [0.3, 0.4) is 0 Å². The molecule has 3 saturated heterocycles. The fourth-order valence-corrected chi connectivity index (χ4v) is 14.3. The van der Waals surface area contributed by atoms with Crippen molar-refractivity contribution in [2.75, 3.05) is 76.2 Å². The predicted octanol–water partition coefficient (Wildman–Crippen LogP) is 12.6. The number of amides is 1. The number of thioether (sulfide) groups is 1. The standard InChI is InChI=1S/C67H80ClF3N4O10S2/c1-45-46(2)82-65(63(84-48(4)77)62(45)83-47(3)76)85-58-24-13-49(14-25-58)41-75(64(78)53-18-22-57(23-19-53)74-32-30-73(31-33-74)43-55-40-66(5,6)28-26-60(55)52-16-20-56(68)21-17-52)42-50-12-15-54(61(39-50)87(79,80)67(69,70)71)38-51(27-29-72-34-36-81-37-35-72)44-86-59-10-8-7-9-11-59/h7-25,39,45-46,51,62-63,65H,26-38,40-44H2,1-6H3/t45-,46+,51?,62-,63+,65?/m1/s1. The van der Waals surface area contributed by atoms with Crippen molar-refractivity contribution in [2.24, 2.45) is 17.3 Å². The van der Waals surface area contributed by atoms with Crippen molar-refractivity contribution in [3.63, 3.8) is 0 Å². The Labute approximate surface area is 519 Å². The maximum atomic E-state index is 15.0. The van der Waals surface area contributed by atoms with Crippen LogP contribution < -0.4 is 9.64 Å². The monoisotopic (exact) mass is 1260 g/mol. The number of hydrogen-bond acceptors (Lipinski definition) is 14. The van der Waals surface area contributed by atoms with Crippen molar-refractivity contribution in [3.05, 3.63) is 160 Å². The zero-order valence-electron chi connectivity index (χ0n) is 50.4. The Bertz CT molecular complexity index is 3290. The number of halogens is 4. The summed E-state index contributed by atoms with van der Waals surface area (Å²) in [5.41, 5.74) is 0.840. The van der Waals surface area contributed by atoms with Gasteiger partial charge in [0.25, 0.3) is 15.7 Å². The molecule has 14 nitrogen and oxygen atoms in total. The van der Waals surface area contributed by atoms with Gasteiger partial charge in [0.15, 0.2) is 0 Å². The molecular weight excluding hydrogens is 1180 g/mol. The highest BCUT2D eigenvalue weighted by atomic mass is 35.5. The number of piperazine rings is 1. The molecule has 0 saturated carbocycles. The van der Waals surface area contributed by atoms with E-state index in [0.717, 1.165) is 86.7 Å².